The smallest absolute Gasteiger partial charge is 0.229 e. The Labute approximate surface area is 153 Å². The molecule has 0 spiro atoms. The van der Waals surface area contributed by atoms with Gasteiger partial charge in [-0.1, -0.05) is 27.5 Å². The van der Waals surface area contributed by atoms with E-state index in [1.807, 2.05) is 25.1 Å². The van der Waals surface area contributed by atoms with Gasteiger partial charge in [-0.15, -0.1) is 0 Å². The topological polar surface area (TPSA) is 49.4 Å². The highest BCUT2D eigenvalue weighted by Gasteiger charge is 2.35. The Morgan fingerprint density at radius 2 is 1.96 bits per heavy atom. The number of rotatable bonds is 3. The maximum absolute atomic E-state index is 12.5. The van der Waals surface area contributed by atoms with E-state index in [1.165, 1.54) is 0 Å². The highest BCUT2D eigenvalue weighted by molar-refractivity contribution is 9.10. The summed E-state index contributed by atoms with van der Waals surface area (Å²) < 4.78 is 0.961. The maximum atomic E-state index is 12.5. The highest BCUT2D eigenvalue weighted by atomic mass is 79.9. The molecule has 2 aromatic carbocycles. The molecule has 24 heavy (non-hydrogen) atoms. The van der Waals surface area contributed by atoms with E-state index in [0.717, 1.165) is 21.4 Å². The molecule has 0 aromatic heterocycles. The minimum atomic E-state index is -0.365. The summed E-state index contributed by atoms with van der Waals surface area (Å²) in [5.74, 6) is -0.550. The molecule has 4 nitrogen and oxygen atoms in total. The van der Waals surface area contributed by atoms with Crippen molar-refractivity contribution < 1.29 is 9.59 Å². The Kier molecular flexibility index (Phi) is 4.92. The van der Waals surface area contributed by atoms with Crippen LogP contribution in [0.5, 0.6) is 0 Å². The Balaban J connectivity index is 1.70. The quantitative estimate of drug-likeness (QED) is 0.819. The van der Waals surface area contributed by atoms with E-state index >= 15 is 0 Å². The van der Waals surface area contributed by atoms with Gasteiger partial charge in [-0.2, -0.15) is 0 Å². The fraction of sp³-hybridized carbons (Fsp3) is 0.222. The number of benzene rings is 2. The average molecular weight is 408 g/mol. The molecule has 3 rings (SSSR count). The third kappa shape index (κ3) is 3.62. The Hall–Kier alpha value is -1.85. The van der Waals surface area contributed by atoms with Gasteiger partial charge in [0.2, 0.25) is 11.8 Å². The van der Waals surface area contributed by atoms with Crippen LogP contribution in [0.4, 0.5) is 11.4 Å². The summed E-state index contributed by atoms with van der Waals surface area (Å²) in [5.41, 5.74) is 2.50. The number of amides is 2. The zero-order valence-electron chi connectivity index (χ0n) is 13.1. The number of nitrogens with one attached hydrogen (secondary N) is 1. The van der Waals surface area contributed by atoms with Gasteiger partial charge in [-0.25, -0.2) is 0 Å². The van der Waals surface area contributed by atoms with Crippen LogP contribution in [-0.4, -0.2) is 18.4 Å². The van der Waals surface area contributed by atoms with Gasteiger partial charge >= 0.3 is 0 Å². The zero-order chi connectivity index (χ0) is 17.3. The van der Waals surface area contributed by atoms with Gasteiger partial charge in [0.15, 0.2) is 0 Å². The van der Waals surface area contributed by atoms with Gasteiger partial charge in [0.05, 0.1) is 5.92 Å². The van der Waals surface area contributed by atoms with Gasteiger partial charge in [0.25, 0.3) is 0 Å². The lowest BCUT2D eigenvalue weighted by Gasteiger charge is -2.17. The molecule has 0 radical (unpaired) electrons. The Morgan fingerprint density at radius 3 is 2.62 bits per heavy atom. The van der Waals surface area contributed by atoms with E-state index in [0.29, 0.717) is 11.6 Å². The molecule has 1 aliphatic heterocycles. The molecule has 1 heterocycles. The number of anilines is 2. The summed E-state index contributed by atoms with van der Waals surface area (Å²) >= 11 is 9.28. The van der Waals surface area contributed by atoms with Crippen LogP contribution >= 0.6 is 27.5 Å². The number of carbonyl (C=O) groups is 2. The van der Waals surface area contributed by atoms with Crippen LogP contribution in [0.25, 0.3) is 0 Å². The molecule has 1 unspecified atom stereocenters. The van der Waals surface area contributed by atoms with Crippen LogP contribution < -0.4 is 10.2 Å². The minimum Gasteiger partial charge on any atom is -0.326 e. The van der Waals surface area contributed by atoms with Crippen molar-refractivity contribution in [1.29, 1.82) is 0 Å². The zero-order valence-corrected chi connectivity index (χ0v) is 15.4. The number of hydrogen-bond acceptors (Lipinski definition) is 2. The summed E-state index contributed by atoms with van der Waals surface area (Å²) in [6.45, 7) is 2.31. The number of hydrogen-bond donors (Lipinski definition) is 1. The van der Waals surface area contributed by atoms with Crippen molar-refractivity contribution >= 4 is 50.7 Å². The monoisotopic (exact) mass is 406 g/mol. The maximum Gasteiger partial charge on any atom is 0.229 e. The molecule has 1 atom stereocenters. The lowest BCUT2D eigenvalue weighted by Crippen LogP contribution is -2.28. The highest BCUT2D eigenvalue weighted by Crippen LogP contribution is 2.28. The molecule has 1 fully saturated rings. The van der Waals surface area contributed by atoms with Gasteiger partial charge in [0.1, 0.15) is 0 Å². The largest absolute Gasteiger partial charge is 0.326 e. The van der Waals surface area contributed by atoms with E-state index in [2.05, 4.69) is 21.2 Å². The van der Waals surface area contributed by atoms with E-state index in [9.17, 15) is 9.59 Å². The van der Waals surface area contributed by atoms with Gasteiger partial charge < -0.3 is 10.2 Å². The predicted octanol–water partition coefficient (Wildman–Crippen LogP) is 4.40. The number of nitrogens with zero attached hydrogens (tertiary/aromatic N) is 1. The van der Waals surface area contributed by atoms with E-state index < -0.39 is 0 Å². The van der Waals surface area contributed by atoms with Crippen LogP contribution in [0.2, 0.25) is 5.02 Å². The van der Waals surface area contributed by atoms with E-state index in [-0.39, 0.29) is 24.2 Å². The Morgan fingerprint density at radius 1 is 1.25 bits per heavy atom. The van der Waals surface area contributed by atoms with Crippen LogP contribution in [0, 0.1) is 12.8 Å². The molecule has 0 saturated carbocycles. The SMILES string of the molecule is Cc1cc(Br)ccc1NC(=O)C1CC(=O)N(c2ccc(Cl)cc2)C1. The second-order valence-corrected chi connectivity index (χ2v) is 7.18. The van der Waals surface area contributed by atoms with Crippen LogP contribution in [0.15, 0.2) is 46.9 Å². The van der Waals surface area contributed by atoms with Crippen molar-refractivity contribution in [3.05, 3.63) is 57.5 Å². The van der Waals surface area contributed by atoms with Gasteiger partial charge in [-0.3, -0.25) is 9.59 Å². The predicted molar refractivity (Wildman–Crippen MR) is 99.4 cm³/mol. The molecular weight excluding hydrogens is 392 g/mol. The Bertz CT molecular complexity index is 792. The number of aryl methyl sites for hydroxylation is 1. The van der Waals surface area contributed by atoms with Crippen molar-refractivity contribution in [2.45, 2.75) is 13.3 Å². The molecule has 1 aliphatic rings. The number of carbonyl (C=O) groups excluding carboxylic acids is 2. The van der Waals surface area contributed by atoms with Crippen LogP contribution in [0.3, 0.4) is 0 Å². The first-order chi connectivity index (χ1) is 11.4. The first-order valence-corrected chi connectivity index (χ1v) is 8.74. The number of halogens is 2. The van der Waals surface area contributed by atoms with Crippen molar-refractivity contribution in [2.75, 3.05) is 16.8 Å². The minimum absolute atomic E-state index is 0.0509. The normalized spacial score (nSPS) is 17.2. The van der Waals surface area contributed by atoms with Gasteiger partial charge in [-0.05, 0) is 55.0 Å². The second kappa shape index (κ2) is 6.95. The third-order valence-electron chi connectivity index (χ3n) is 4.08. The molecule has 124 valence electrons. The molecule has 1 N–H and O–H groups in total. The summed E-state index contributed by atoms with van der Waals surface area (Å²) in [4.78, 5) is 26.4. The molecule has 6 heteroatoms. The summed E-state index contributed by atoms with van der Waals surface area (Å²) in [6.07, 6.45) is 0.212. The second-order valence-electron chi connectivity index (χ2n) is 5.83. The molecule has 1 saturated heterocycles. The summed E-state index contributed by atoms with van der Waals surface area (Å²) in [7, 11) is 0. The van der Waals surface area contributed by atoms with Crippen LogP contribution in [0.1, 0.15) is 12.0 Å². The first kappa shape index (κ1) is 17.0. The standard InChI is InChI=1S/C18H16BrClN2O2/c1-11-8-13(19)2-7-16(11)21-18(24)12-9-17(23)22(10-12)15-5-3-14(20)4-6-15/h2-8,12H,9-10H2,1H3,(H,21,24). The van der Waals surface area contributed by atoms with Crippen molar-refractivity contribution in [2.24, 2.45) is 5.92 Å². The van der Waals surface area contributed by atoms with Crippen molar-refractivity contribution in [3.8, 4) is 0 Å². The fourth-order valence-electron chi connectivity index (χ4n) is 2.76. The molecule has 2 amide bonds. The average Bonchev–Trinajstić information content (AvgIpc) is 2.93. The van der Waals surface area contributed by atoms with Crippen LogP contribution in [-0.2, 0) is 9.59 Å². The summed E-state index contributed by atoms with van der Waals surface area (Å²) in [5, 5.41) is 3.54. The van der Waals surface area contributed by atoms with E-state index in [1.54, 1.807) is 29.2 Å². The lowest BCUT2D eigenvalue weighted by atomic mass is 10.1. The first-order valence-electron chi connectivity index (χ1n) is 7.57. The fourth-order valence-corrected chi connectivity index (χ4v) is 3.36. The lowest BCUT2D eigenvalue weighted by molar-refractivity contribution is -0.122. The molecule has 0 aliphatic carbocycles. The third-order valence-corrected chi connectivity index (χ3v) is 4.83. The molecule has 2 aromatic rings. The molecule has 0 bridgehead atoms. The van der Waals surface area contributed by atoms with Gasteiger partial charge in [0, 0.05) is 33.8 Å². The van der Waals surface area contributed by atoms with Crippen molar-refractivity contribution in [1.82, 2.24) is 0 Å². The molecular formula is C18H16BrClN2O2. The van der Waals surface area contributed by atoms with E-state index in [4.69, 9.17) is 11.6 Å². The summed E-state index contributed by atoms with van der Waals surface area (Å²) in [6, 6.07) is 12.7. The van der Waals surface area contributed by atoms with Crippen molar-refractivity contribution in [3.63, 3.8) is 0 Å².